The number of carbonyl (C=O) groups is 2. The Morgan fingerprint density at radius 3 is 2.37 bits per heavy atom. The first-order chi connectivity index (χ1) is 13.2. The molecular formula is C21H21N3O3. The minimum atomic E-state index is -0.569. The zero-order valence-electron chi connectivity index (χ0n) is 15.1. The van der Waals surface area contributed by atoms with E-state index in [4.69, 9.17) is 9.84 Å². The molecule has 0 aromatic heterocycles. The van der Waals surface area contributed by atoms with E-state index in [0.29, 0.717) is 12.1 Å². The summed E-state index contributed by atoms with van der Waals surface area (Å²) in [4.78, 5) is 26.5. The van der Waals surface area contributed by atoms with Gasteiger partial charge in [0.2, 0.25) is 5.91 Å². The zero-order valence-corrected chi connectivity index (χ0v) is 15.1. The molecule has 0 spiro atoms. The quantitative estimate of drug-likeness (QED) is 0.836. The fourth-order valence-corrected chi connectivity index (χ4v) is 3.70. The van der Waals surface area contributed by atoms with Gasteiger partial charge >= 0.3 is 6.09 Å². The van der Waals surface area contributed by atoms with Crippen molar-refractivity contribution in [2.24, 2.45) is 11.0 Å². The standard InChI is InChI=1S/C21H21N3O3/c1-2-17-18(20(25)23-13-14-27-21(23)26)19(15-9-5-3-6-10-15)22-24(17)16-11-7-4-8-12-16/h3-12,17-18H,2,13-14H2,1H3/t17-,18-/m0/s1. The van der Waals surface area contributed by atoms with Crippen molar-refractivity contribution in [1.29, 1.82) is 0 Å². The molecule has 2 aromatic carbocycles. The van der Waals surface area contributed by atoms with Crippen LogP contribution >= 0.6 is 0 Å². The molecule has 2 aromatic rings. The van der Waals surface area contributed by atoms with Gasteiger partial charge in [0.1, 0.15) is 12.5 Å². The second-order valence-corrected chi connectivity index (χ2v) is 6.59. The van der Waals surface area contributed by atoms with Crippen LogP contribution in [0.25, 0.3) is 0 Å². The number of carbonyl (C=O) groups excluding carboxylic acids is 2. The first-order valence-electron chi connectivity index (χ1n) is 9.17. The highest BCUT2D eigenvalue weighted by molar-refractivity contribution is 6.17. The Balaban J connectivity index is 1.77. The van der Waals surface area contributed by atoms with Crippen molar-refractivity contribution in [3.8, 4) is 0 Å². The molecule has 27 heavy (non-hydrogen) atoms. The Bertz CT molecular complexity index is 867. The minimum Gasteiger partial charge on any atom is -0.447 e. The normalized spacial score (nSPS) is 22.0. The lowest BCUT2D eigenvalue weighted by atomic mass is 9.88. The molecule has 2 heterocycles. The Morgan fingerprint density at radius 1 is 1.11 bits per heavy atom. The molecule has 0 N–H and O–H groups in total. The molecule has 2 amide bonds. The van der Waals surface area contributed by atoms with Gasteiger partial charge in [0.05, 0.1) is 24.0 Å². The van der Waals surface area contributed by atoms with Gasteiger partial charge in [-0.2, -0.15) is 5.10 Å². The molecule has 0 unspecified atom stereocenters. The molecule has 2 atom stereocenters. The number of nitrogens with zero attached hydrogens (tertiary/aromatic N) is 3. The molecule has 2 aliphatic heterocycles. The van der Waals surface area contributed by atoms with Gasteiger partial charge in [-0.1, -0.05) is 55.5 Å². The number of para-hydroxylation sites is 1. The number of imide groups is 1. The van der Waals surface area contributed by atoms with E-state index in [0.717, 1.165) is 11.3 Å². The summed E-state index contributed by atoms with van der Waals surface area (Å²) in [6.45, 7) is 2.57. The number of cyclic esters (lactones) is 1. The second kappa shape index (κ2) is 7.23. The monoisotopic (exact) mass is 363 g/mol. The van der Waals surface area contributed by atoms with Gasteiger partial charge in [-0.05, 0) is 24.1 Å². The smallest absolute Gasteiger partial charge is 0.416 e. The van der Waals surface area contributed by atoms with E-state index in [-0.39, 0.29) is 25.1 Å². The van der Waals surface area contributed by atoms with Crippen LogP contribution in [-0.2, 0) is 9.53 Å². The summed E-state index contributed by atoms with van der Waals surface area (Å²) < 4.78 is 4.98. The topological polar surface area (TPSA) is 62.2 Å². The number of ether oxygens (including phenoxy) is 1. The van der Waals surface area contributed by atoms with Gasteiger partial charge in [0.15, 0.2) is 0 Å². The van der Waals surface area contributed by atoms with Crippen LogP contribution in [0.15, 0.2) is 65.8 Å². The first-order valence-corrected chi connectivity index (χ1v) is 9.17. The molecule has 1 saturated heterocycles. The molecule has 0 radical (unpaired) electrons. The van der Waals surface area contributed by atoms with Crippen molar-refractivity contribution in [1.82, 2.24) is 4.90 Å². The average molecular weight is 363 g/mol. The predicted molar refractivity (Wildman–Crippen MR) is 103 cm³/mol. The lowest BCUT2D eigenvalue weighted by molar-refractivity contribution is -0.130. The van der Waals surface area contributed by atoms with E-state index in [1.165, 1.54) is 4.90 Å². The molecule has 6 nitrogen and oxygen atoms in total. The summed E-state index contributed by atoms with van der Waals surface area (Å²) in [5.41, 5.74) is 2.51. The maximum absolute atomic E-state index is 13.3. The number of anilines is 1. The average Bonchev–Trinajstić information content (AvgIpc) is 3.32. The Labute approximate surface area is 158 Å². The molecule has 138 valence electrons. The van der Waals surface area contributed by atoms with Gasteiger partial charge in [-0.15, -0.1) is 0 Å². The summed E-state index contributed by atoms with van der Waals surface area (Å²) in [6, 6.07) is 19.3. The van der Waals surface area contributed by atoms with Crippen molar-refractivity contribution in [3.63, 3.8) is 0 Å². The van der Waals surface area contributed by atoms with E-state index in [9.17, 15) is 9.59 Å². The maximum Gasteiger partial charge on any atom is 0.416 e. The second-order valence-electron chi connectivity index (χ2n) is 6.59. The van der Waals surface area contributed by atoms with Crippen LogP contribution in [0.2, 0.25) is 0 Å². The van der Waals surface area contributed by atoms with Crippen LogP contribution in [-0.4, -0.2) is 41.8 Å². The van der Waals surface area contributed by atoms with Crippen LogP contribution in [0, 0.1) is 5.92 Å². The highest BCUT2D eigenvalue weighted by Gasteiger charge is 2.46. The van der Waals surface area contributed by atoms with Gasteiger partial charge in [0, 0.05) is 0 Å². The Hall–Kier alpha value is -3.15. The van der Waals surface area contributed by atoms with Crippen LogP contribution in [0.3, 0.4) is 0 Å². The summed E-state index contributed by atoms with van der Waals surface area (Å²) >= 11 is 0. The number of benzene rings is 2. The lowest BCUT2D eigenvalue weighted by Crippen LogP contribution is -2.46. The molecule has 0 saturated carbocycles. The van der Waals surface area contributed by atoms with E-state index in [1.807, 2.05) is 72.6 Å². The zero-order chi connectivity index (χ0) is 18.8. The van der Waals surface area contributed by atoms with Crippen molar-refractivity contribution in [2.45, 2.75) is 19.4 Å². The summed E-state index contributed by atoms with van der Waals surface area (Å²) in [6.07, 6.45) is 0.147. The van der Waals surface area contributed by atoms with E-state index in [2.05, 4.69) is 0 Å². The fraction of sp³-hybridized carbons (Fsp3) is 0.286. The largest absolute Gasteiger partial charge is 0.447 e. The highest BCUT2D eigenvalue weighted by Crippen LogP contribution is 2.34. The van der Waals surface area contributed by atoms with Crippen molar-refractivity contribution in [3.05, 3.63) is 66.2 Å². The van der Waals surface area contributed by atoms with Gasteiger partial charge in [0.25, 0.3) is 0 Å². The molecule has 1 fully saturated rings. The van der Waals surface area contributed by atoms with Crippen LogP contribution in [0.4, 0.5) is 10.5 Å². The number of hydrazone groups is 1. The molecule has 4 rings (SSSR count). The predicted octanol–water partition coefficient (Wildman–Crippen LogP) is 3.28. The van der Waals surface area contributed by atoms with E-state index in [1.54, 1.807) is 0 Å². The molecule has 0 bridgehead atoms. The maximum atomic E-state index is 13.3. The lowest BCUT2D eigenvalue weighted by Gasteiger charge is -2.27. The van der Waals surface area contributed by atoms with Crippen LogP contribution in [0.1, 0.15) is 18.9 Å². The third kappa shape index (κ3) is 3.07. The minimum absolute atomic E-state index is 0.163. The molecule has 2 aliphatic rings. The highest BCUT2D eigenvalue weighted by atomic mass is 16.6. The van der Waals surface area contributed by atoms with E-state index >= 15 is 0 Å². The third-order valence-electron chi connectivity index (χ3n) is 5.01. The van der Waals surface area contributed by atoms with Gasteiger partial charge < -0.3 is 4.74 Å². The van der Waals surface area contributed by atoms with Crippen LogP contribution in [0.5, 0.6) is 0 Å². The van der Waals surface area contributed by atoms with Gasteiger partial charge in [-0.3, -0.25) is 9.80 Å². The van der Waals surface area contributed by atoms with Crippen molar-refractivity contribution in [2.75, 3.05) is 18.2 Å². The Morgan fingerprint density at radius 2 is 1.78 bits per heavy atom. The Kier molecular flexibility index (Phi) is 4.62. The first kappa shape index (κ1) is 17.3. The number of amides is 2. The van der Waals surface area contributed by atoms with Crippen molar-refractivity contribution >= 4 is 23.4 Å². The summed E-state index contributed by atoms with van der Waals surface area (Å²) in [5.74, 6) is -0.770. The third-order valence-corrected chi connectivity index (χ3v) is 5.01. The summed E-state index contributed by atoms with van der Waals surface area (Å²) in [5, 5.41) is 6.74. The molecule has 6 heteroatoms. The number of hydrogen-bond donors (Lipinski definition) is 0. The van der Waals surface area contributed by atoms with Crippen molar-refractivity contribution < 1.29 is 14.3 Å². The van der Waals surface area contributed by atoms with Gasteiger partial charge in [-0.25, -0.2) is 9.69 Å². The molecular weight excluding hydrogens is 342 g/mol. The van der Waals surface area contributed by atoms with E-state index < -0.39 is 12.0 Å². The SMILES string of the molecule is CC[C@H]1[C@H](C(=O)N2CCOC2=O)C(c2ccccc2)=NN1c1ccccc1. The number of rotatable bonds is 4. The number of hydrogen-bond acceptors (Lipinski definition) is 5. The summed E-state index contributed by atoms with van der Waals surface area (Å²) in [7, 11) is 0. The van der Waals surface area contributed by atoms with Crippen LogP contribution < -0.4 is 5.01 Å². The molecule has 0 aliphatic carbocycles. The fourth-order valence-electron chi connectivity index (χ4n) is 3.70.